The summed E-state index contributed by atoms with van der Waals surface area (Å²) in [5, 5.41) is 21.2. The number of hydrogen-bond donors (Lipinski definition) is 2. The summed E-state index contributed by atoms with van der Waals surface area (Å²) in [7, 11) is 0. The molecule has 8 nitrogen and oxygen atoms in total. The quantitative estimate of drug-likeness (QED) is 0.218. The molecular formula is C48H64MnO8. The van der Waals surface area contributed by atoms with E-state index >= 15 is 0 Å². The molecule has 6 unspecified atom stereocenters. The van der Waals surface area contributed by atoms with E-state index < -0.39 is 20.4 Å². The first-order valence-corrected chi connectivity index (χ1v) is 24.1. The van der Waals surface area contributed by atoms with Crippen molar-refractivity contribution in [3.05, 3.63) is 23.3 Å². The summed E-state index contributed by atoms with van der Waals surface area (Å²) in [5.74, 6) is 10.8. The van der Waals surface area contributed by atoms with E-state index in [1.807, 2.05) is 6.08 Å². The maximum atomic E-state index is 12.2. The molecule has 1 saturated heterocycles. The van der Waals surface area contributed by atoms with Gasteiger partial charge >= 0.3 is 28.5 Å². The van der Waals surface area contributed by atoms with Gasteiger partial charge in [-0.05, 0) is 189 Å². The van der Waals surface area contributed by atoms with Crippen LogP contribution in [0.25, 0.3) is 0 Å². The van der Waals surface area contributed by atoms with Gasteiger partial charge in [0, 0.05) is 37.2 Å². The molecule has 2 N–H and O–H groups in total. The van der Waals surface area contributed by atoms with Crippen molar-refractivity contribution in [1.82, 2.24) is 0 Å². The third kappa shape index (κ3) is 4.78. The van der Waals surface area contributed by atoms with Gasteiger partial charge in [-0.25, -0.2) is 0 Å². The fraction of sp³-hybridized carbons (Fsp3) is 0.854. The number of aliphatic hydroxyl groups is 2. The Morgan fingerprint density at radius 1 is 0.667 bits per heavy atom. The molecule has 20 atom stereocenters. The van der Waals surface area contributed by atoms with E-state index in [0.717, 1.165) is 92.8 Å². The second kappa shape index (κ2) is 12.2. The molecule has 13 aliphatic rings. The van der Waals surface area contributed by atoms with Gasteiger partial charge in [-0.3, -0.25) is 14.4 Å². The van der Waals surface area contributed by atoms with Crippen LogP contribution in [0.3, 0.4) is 0 Å². The Bertz CT molecular complexity index is 1930. The van der Waals surface area contributed by atoms with Gasteiger partial charge < -0.3 is 14.9 Å². The Hall–Kier alpha value is -1.67. The number of hydrogen-bond acceptors (Lipinski definition) is 8. The minimum absolute atomic E-state index is 0.0339. The number of carbonyl (C=O) groups excluding carboxylic acids is 3. The number of aliphatic hydroxyl groups excluding tert-OH is 1. The normalized spacial score (nSPS) is 57.9. The molecule has 57 heavy (non-hydrogen) atoms. The van der Waals surface area contributed by atoms with Crippen LogP contribution in [-0.4, -0.2) is 45.6 Å². The second-order valence-corrected chi connectivity index (χ2v) is 23.2. The first kappa shape index (κ1) is 38.3. The van der Waals surface area contributed by atoms with Crippen LogP contribution in [0.2, 0.25) is 0 Å². The Morgan fingerprint density at radius 2 is 1.18 bits per heavy atom. The SMILES string of the molecule is C[C@]12CCC(=O)C=C1[C@@H]1C[C@@H]1C1C2CC[C@@]2(C)C1[C@@H]1C[C@@H]1[C@@]2(O)CCCO.C[C@]12CCC(=O)C=C1[C@@H]1C[C@@H]1C1C2CC[C@@]2(C)C1[C@@H]1C[C@@H]1[C@@]21CCC(=O)O1.[O]=[Mn]=[O]. The predicted octanol–water partition coefficient (Wildman–Crippen LogP) is 7.80. The molecule has 0 aromatic rings. The van der Waals surface area contributed by atoms with Crippen molar-refractivity contribution in [2.24, 2.45) is 105 Å². The topological polar surface area (TPSA) is 135 Å². The number of ketones is 2. The van der Waals surface area contributed by atoms with E-state index in [-0.39, 0.29) is 39.8 Å². The minimum atomic E-state index is -1.44. The van der Waals surface area contributed by atoms with Crippen molar-refractivity contribution >= 4 is 17.5 Å². The van der Waals surface area contributed by atoms with Crippen LogP contribution < -0.4 is 0 Å². The van der Waals surface area contributed by atoms with E-state index in [9.17, 15) is 24.6 Å². The summed E-state index contributed by atoms with van der Waals surface area (Å²) >= 11 is -1.44. The van der Waals surface area contributed by atoms with Gasteiger partial charge in [0.1, 0.15) is 5.60 Å². The van der Waals surface area contributed by atoms with Crippen molar-refractivity contribution in [2.75, 3.05) is 6.61 Å². The Kier molecular flexibility index (Phi) is 8.22. The third-order valence-corrected chi connectivity index (χ3v) is 21.5. The van der Waals surface area contributed by atoms with Gasteiger partial charge in [0.25, 0.3) is 0 Å². The number of ether oxygens (including phenoxy) is 1. The first-order chi connectivity index (χ1) is 27.2. The maximum absolute atomic E-state index is 12.2. The standard InChI is InChI=1S/C24H30O3.C24H34O3.Mn.2O/c1-22-6-3-12(25)9-17(22)13-10-14(13)20-16(22)4-7-23(2)21(20)15-11-18(15)24(23)8-5-19(26)27-24;1-22-7-4-13(26)10-18(22)14-11-15(14)20-17(22)5-8-23(2)21(20)16-12-19(16)24(23,27)6-3-9-25;;;/h9,13-16,18,20-21H,3-8,10-11H2,1-2H3;10,14-17,19-21,25,27H,3-9,11-12H2,1-2H3;;;/t13-,14+,15-,16?,18+,20?,21?,22-,23+,24+;14-,15+,16-,17?,19+,20?,21?,22-,23+,24+;;;/m11.../s1. The van der Waals surface area contributed by atoms with E-state index in [0.29, 0.717) is 59.4 Å². The summed E-state index contributed by atoms with van der Waals surface area (Å²) in [6.07, 6.45) is 20.8. The van der Waals surface area contributed by atoms with Crippen molar-refractivity contribution in [2.45, 2.75) is 142 Å². The molecule has 12 aliphatic carbocycles. The second-order valence-electron chi connectivity index (χ2n) is 23.0. The van der Waals surface area contributed by atoms with Crippen LogP contribution in [-0.2, 0) is 41.6 Å². The Labute approximate surface area is 344 Å². The van der Waals surface area contributed by atoms with Crippen molar-refractivity contribution in [3.63, 3.8) is 0 Å². The molecular weight excluding hydrogens is 759 g/mol. The van der Waals surface area contributed by atoms with Gasteiger partial charge in [0.05, 0.1) is 5.60 Å². The van der Waals surface area contributed by atoms with E-state index in [1.54, 1.807) is 0 Å². The van der Waals surface area contributed by atoms with Crippen molar-refractivity contribution < 1.29 is 51.8 Å². The predicted molar refractivity (Wildman–Crippen MR) is 204 cm³/mol. The van der Waals surface area contributed by atoms with Crippen molar-refractivity contribution in [1.29, 1.82) is 0 Å². The molecule has 311 valence electrons. The molecule has 11 fully saturated rings. The van der Waals surface area contributed by atoms with Gasteiger partial charge in [-0.2, -0.15) is 0 Å². The Morgan fingerprint density at radius 3 is 1.70 bits per heavy atom. The molecule has 1 aliphatic heterocycles. The van der Waals surface area contributed by atoms with Crippen LogP contribution in [0.15, 0.2) is 23.3 Å². The van der Waals surface area contributed by atoms with E-state index in [2.05, 4.69) is 33.8 Å². The van der Waals surface area contributed by atoms with E-state index in [1.165, 1.54) is 56.1 Å². The number of carbonyl (C=O) groups is 3. The van der Waals surface area contributed by atoms with Gasteiger partial charge in [0.15, 0.2) is 11.6 Å². The van der Waals surface area contributed by atoms with Crippen molar-refractivity contribution in [3.8, 4) is 0 Å². The molecule has 0 amide bonds. The zero-order chi connectivity index (χ0) is 39.8. The molecule has 1 heterocycles. The molecule has 0 aromatic carbocycles. The van der Waals surface area contributed by atoms with Crippen LogP contribution in [0.4, 0.5) is 0 Å². The number of rotatable bonds is 3. The summed E-state index contributed by atoms with van der Waals surface area (Å²) < 4.78 is 23.0. The summed E-state index contributed by atoms with van der Waals surface area (Å²) in [4.78, 5) is 36.4. The van der Waals surface area contributed by atoms with Crippen LogP contribution >= 0.6 is 0 Å². The molecule has 13 rings (SSSR count). The Balaban J connectivity index is 0.000000123. The summed E-state index contributed by atoms with van der Waals surface area (Å²) in [5.41, 5.74) is 3.07. The zero-order valence-corrected chi connectivity index (χ0v) is 35.7. The van der Waals surface area contributed by atoms with Gasteiger partial charge in [-0.15, -0.1) is 0 Å². The van der Waals surface area contributed by atoms with Gasteiger partial charge in [-0.1, -0.05) is 38.8 Å². The first-order valence-electron chi connectivity index (χ1n) is 23.1. The fourth-order valence-electron chi connectivity index (χ4n) is 19.1. The molecule has 0 radical (unpaired) electrons. The summed E-state index contributed by atoms with van der Waals surface area (Å²) in [6, 6.07) is 0. The fourth-order valence-corrected chi connectivity index (χ4v) is 19.1. The molecule has 0 aromatic heterocycles. The van der Waals surface area contributed by atoms with Crippen LogP contribution in [0.5, 0.6) is 0 Å². The van der Waals surface area contributed by atoms with Gasteiger partial charge in [0.2, 0.25) is 0 Å². The average molecular weight is 824 g/mol. The number of fused-ring (bicyclic) bond motifs is 22. The monoisotopic (exact) mass is 823 g/mol. The van der Waals surface area contributed by atoms with E-state index in [4.69, 9.17) is 12.4 Å². The molecule has 9 heteroatoms. The number of esters is 1. The summed E-state index contributed by atoms with van der Waals surface area (Å²) in [6.45, 7) is 10.0. The number of allylic oxidation sites excluding steroid dienone is 2. The zero-order valence-electron chi connectivity index (χ0n) is 34.5. The van der Waals surface area contributed by atoms with Crippen LogP contribution in [0.1, 0.15) is 130 Å². The third-order valence-electron chi connectivity index (χ3n) is 21.5. The molecule has 0 bridgehead atoms. The average Bonchev–Trinajstić information content (AvgIpc) is 4.01. The molecule has 10 saturated carbocycles. The van der Waals surface area contributed by atoms with Crippen LogP contribution in [0, 0.1) is 105 Å². The molecule has 1 spiro atoms.